The summed E-state index contributed by atoms with van der Waals surface area (Å²) in [6, 6.07) is 2.20. The fourth-order valence-electron chi connectivity index (χ4n) is 10.1. The summed E-state index contributed by atoms with van der Waals surface area (Å²) >= 11 is 0. The minimum absolute atomic E-state index is 0.0464. The van der Waals surface area contributed by atoms with E-state index in [0.29, 0.717) is 0 Å². The number of amides is 1. The zero-order chi connectivity index (χ0) is 54.1. The average molecular weight is 1050 g/mol. The van der Waals surface area contributed by atoms with Gasteiger partial charge < -0.3 is 110 Å². The van der Waals surface area contributed by atoms with Crippen molar-refractivity contribution >= 4 is 23.4 Å². The molecule has 26 heteroatoms. The van der Waals surface area contributed by atoms with E-state index in [9.17, 15) is 80.5 Å². The Balaban J connectivity index is 1.34. The Hall–Kier alpha value is -5.50. The molecular formula is C48H58N2O24. The Morgan fingerprint density at radius 3 is 1.88 bits per heavy atom. The molecule has 0 spiro atoms. The standard InChI is InChI=1S/C48H58N2O24/c1-13-7-20-27(42(24(13)44(65)50-14(2)45(66)68-6)73-46-38(62)36(60)33(57)22(11-51)70-46)26-18(10-19-28(35(26)59)31(55)17-8-16(67-5)9-21(53)25(17)30(19)54)32(56)41(20)72-48-40(64)43(29(49-4)15(3)69-48)74-47-39(63)37(61)34(58)23(12-52)71-47/h7-10,14-15,22-23,29,32-34,36-41,43,46-49,51-53,56-64H,11-12H2,1-6H3,(H,50,65)/t14?,15?,22?,23?,29?,32-,33?,34?,36?,37?,38?,39?,40?,41-,43?,46?,47?,48?/m0/s1. The molecule has 0 radical (unpaired) electrons. The molecule has 74 heavy (non-hydrogen) atoms. The van der Waals surface area contributed by atoms with Gasteiger partial charge in [-0.2, -0.15) is 0 Å². The minimum atomic E-state index is -2.15. The van der Waals surface area contributed by atoms with E-state index < -0.39 is 209 Å². The number of phenols is 2. The number of nitrogens with one attached hydrogen (secondary N) is 2. The lowest BCUT2D eigenvalue weighted by Gasteiger charge is -2.48. The Kier molecular flexibility index (Phi) is 15.7. The number of phenolic OH excluding ortho intramolecular Hbond substituents is 2. The van der Waals surface area contributed by atoms with Gasteiger partial charge in [-0.25, -0.2) is 4.79 Å². The fourth-order valence-corrected chi connectivity index (χ4v) is 10.1. The van der Waals surface area contributed by atoms with Crippen molar-refractivity contribution in [3.05, 3.63) is 68.8 Å². The molecule has 8 rings (SSSR count). The SMILES string of the molecule is CNC1C(C)OC(O[C@H]2c3cc(C)c(C(=O)NC(C)C(=O)OC)c(OC4OC(CO)C(O)C(O)C4O)c3-c3c(cc4c(c3O)C(=O)c3cc(OC)cc(O)c3C4=O)[C@@H]2O)C(O)C1OC1OC(CO)C(O)C(O)C1O. The van der Waals surface area contributed by atoms with Gasteiger partial charge in [0.05, 0.1) is 56.3 Å². The normalized spacial score (nSPS) is 33.9. The third-order valence-corrected chi connectivity index (χ3v) is 14.1. The number of aliphatic hydroxyl groups is 10. The second-order valence-corrected chi connectivity index (χ2v) is 18.5. The Bertz CT molecular complexity index is 2680. The molecule has 5 aliphatic rings. The van der Waals surface area contributed by atoms with Crippen molar-refractivity contribution in [3.63, 3.8) is 0 Å². The fraction of sp³-hybridized carbons (Fsp3) is 0.542. The van der Waals surface area contributed by atoms with Crippen LogP contribution in [0, 0.1) is 6.92 Å². The smallest absolute Gasteiger partial charge is 0.328 e. The first-order chi connectivity index (χ1) is 35.0. The van der Waals surface area contributed by atoms with Crippen molar-refractivity contribution in [2.24, 2.45) is 0 Å². The number of rotatable bonds is 13. The van der Waals surface area contributed by atoms with Crippen molar-refractivity contribution in [1.29, 1.82) is 0 Å². The lowest BCUT2D eigenvalue weighted by atomic mass is 9.74. The van der Waals surface area contributed by atoms with Gasteiger partial charge >= 0.3 is 5.97 Å². The maximum absolute atomic E-state index is 14.6. The summed E-state index contributed by atoms with van der Waals surface area (Å²) in [6.07, 6.45) is -28.8. The molecule has 0 bridgehead atoms. The minimum Gasteiger partial charge on any atom is -0.507 e. The molecule has 26 nitrogen and oxygen atoms in total. The molecule has 0 aromatic heterocycles. The number of aliphatic hydroxyl groups excluding tert-OH is 10. The zero-order valence-corrected chi connectivity index (χ0v) is 40.4. The zero-order valence-electron chi connectivity index (χ0n) is 40.4. The number of ether oxygens (including phenoxy) is 8. The first-order valence-electron chi connectivity index (χ1n) is 23.3. The van der Waals surface area contributed by atoms with Crippen LogP contribution in [0.4, 0.5) is 0 Å². The molecule has 14 N–H and O–H groups in total. The average Bonchev–Trinajstić information content (AvgIpc) is 3.38. The molecule has 3 aromatic carbocycles. The van der Waals surface area contributed by atoms with Crippen molar-refractivity contribution in [3.8, 4) is 34.1 Å². The van der Waals surface area contributed by atoms with Gasteiger partial charge in [-0.05, 0) is 56.6 Å². The van der Waals surface area contributed by atoms with E-state index in [1.807, 2.05) is 0 Å². The predicted molar refractivity (Wildman–Crippen MR) is 244 cm³/mol. The summed E-state index contributed by atoms with van der Waals surface area (Å²) < 4.78 is 46.4. The third-order valence-electron chi connectivity index (χ3n) is 14.1. The van der Waals surface area contributed by atoms with Crippen LogP contribution in [0.3, 0.4) is 0 Å². The van der Waals surface area contributed by atoms with Crippen molar-refractivity contribution in [2.75, 3.05) is 34.5 Å². The quantitative estimate of drug-likeness (QED) is 0.0573. The van der Waals surface area contributed by atoms with E-state index in [4.69, 9.17) is 37.9 Å². The molecule has 2 aliphatic carbocycles. The highest BCUT2D eigenvalue weighted by Crippen LogP contribution is 2.58. The van der Waals surface area contributed by atoms with E-state index in [-0.39, 0.29) is 16.9 Å². The largest absolute Gasteiger partial charge is 0.507 e. The van der Waals surface area contributed by atoms with Gasteiger partial charge in [-0.1, -0.05) is 6.07 Å². The van der Waals surface area contributed by atoms with Gasteiger partial charge in [0.1, 0.15) is 102 Å². The Morgan fingerprint density at radius 1 is 0.703 bits per heavy atom. The topological polar surface area (TPSA) is 409 Å². The molecule has 3 fully saturated rings. The summed E-state index contributed by atoms with van der Waals surface area (Å²) in [7, 11) is 3.78. The van der Waals surface area contributed by atoms with Crippen molar-refractivity contribution in [2.45, 2.75) is 131 Å². The van der Waals surface area contributed by atoms with Crippen LogP contribution in [0.25, 0.3) is 11.1 Å². The highest BCUT2D eigenvalue weighted by Gasteiger charge is 2.53. The monoisotopic (exact) mass is 1050 g/mol. The van der Waals surface area contributed by atoms with Crippen LogP contribution in [-0.4, -0.2) is 217 Å². The van der Waals surface area contributed by atoms with Gasteiger partial charge in [0, 0.05) is 28.3 Å². The van der Waals surface area contributed by atoms with Crippen LogP contribution in [-0.2, 0) is 33.2 Å². The first-order valence-corrected chi connectivity index (χ1v) is 23.3. The molecule has 1 amide bonds. The maximum Gasteiger partial charge on any atom is 0.328 e. The van der Waals surface area contributed by atoms with Gasteiger partial charge in [0.15, 0.2) is 24.1 Å². The molecular weight excluding hydrogens is 989 g/mol. The van der Waals surface area contributed by atoms with E-state index in [1.54, 1.807) is 0 Å². The van der Waals surface area contributed by atoms with E-state index >= 15 is 0 Å². The molecule has 3 saturated heterocycles. The summed E-state index contributed by atoms with van der Waals surface area (Å²) in [6.45, 7) is 2.42. The van der Waals surface area contributed by atoms with Gasteiger partial charge in [-0.3, -0.25) is 14.4 Å². The number of carbonyl (C=O) groups is 4. The summed E-state index contributed by atoms with van der Waals surface area (Å²) in [4.78, 5) is 56.2. The van der Waals surface area contributed by atoms with Crippen LogP contribution in [0.15, 0.2) is 24.3 Å². The number of aryl methyl sites for hydroxylation is 1. The number of aromatic hydroxyl groups is 2. The number of fused-ring (bicyclic) bond motifs is 5. The lowest BCUT2D eigenvalue weighted by molar-refractivity contribution is -0.351. The van der Waals surface area contributed by atoms with Crippen LogP contribution in [0.2, 0.25) is 0 Å². The van der Waals surface area contributed by atoms with Crippen LogP contribution in [0.1, 0.15) is 84.9 Å². The van der Waals surface area contributed by atoms with E-state index in [1.165, 1.54) is 41.0 Å². The van der Waals surface area contributed by atoms with Gasteiger partial charge in [0.25, 0.3) is 5.91 Å². The number of carbonyl (C=O) groups excluding carboxylic acids is 4. The maximum atomic E-state index is 14.6. The number of hydrogen-bond acceptors (Lipinski definition) is 25. The number of likely N-dealkylation sites (N-methyl/N-ethyl adjacent to an activating group) is 1. The van der Waals surface area contributed by atoms with E-state index in [0.717, 1.165) is 25.3 Å². The van der Waals surface area contributed by atoms with Crippen LogP contribution < -0.4 is 20.1 Å². The van der Waals surface area contributed by atoms with E-state index in [2.05, 4.69) is 10.6 Å². The number of methoxy groups -OCH3 is 2. The summed E-state index contributed by atoms with van der Waals surface area (Å²) in [5, 5.41) is 138. The third kappa shape index (κ3) is 9.16. The van der Waals surface area contributed by atoms with Crippen LogP contribution >= 0.6 is 0 Å². The van der Waals surface area contributed by atoms with Crippen LogP contribution in [0.5, 0.6) is 23.0 Å². The number of esters is 1. The Morgan fingerprint density at radius 2 is 1.28 bits per heavy atom. The molecule has 3 heterocycles. The molecule has 0 saturated carbocycles. The Labute approximate surface area is 420 Å². The molecule has 18 atom stereocenters. The van der Waals surface area contributed by atoms with Crippen molar-refractivity contribution < 1.29 is 118 Å². The second-order valence-electron chi connectivity index (χ2n) is 18.5. The number of ketones is 2. The van der Waals surface area contributed by atoms with Gasteiger partial charge in [-0.15, -0.1) is 0 Å². The highest BCUT2D eigenvalue weighted by atomic mass is 16.7. The molecule has 404 valence electrons. The predicted octanol–water partition coefficient (Wildman–Crippen LogP) is -3.69. The van der Waals surface area contributed by atoms with Crippen molar-refractivity contribution in [1.82, 2.24) is 10.6 Å². The summed E-state index contributed by atoms with van der Waals surface area (Å²) in [5.74, 6) is -6.42. The second kappa shape index (κ2) is 21.3. The number of benzene rings is 3. The lowest BCUT2D eigenvalue weighted by Crippen LogP contribution is -2.66. The first kappa shape index (κ1) is 54.8. The highest BCUT2D eigenvalue weighted by molar-refractivity contribution is 6.31. The summed E-state index contributed by atoms with van der Waals surface area (Å²) in [5.41, 5.74) is -4.22. The molecule has 3 aromatic rings. The molecule has 16 unspecified atom stereocenters. The van der Waals surface area contributed by atoms with Gasteiger partial charge in [0.2, 0.25) is 6.29 Å². The number of hydrogen-bond donors (Lipinski definition) is 14. The molecule has 3 aliphatic heterocycles.